The summed E-state index contributed by atoms with van der Waals surface area (Å²) in [4.78, 5) is 1.38. The fraction of sp³-hybridized carbons (Fsp3) is 0.684. The van der Waals surface area contributed by atoms with E-state index in [0.29, 0.717) is 6.04 Å². The monoisotopic (exact) mass is 305 g/mol. The quantitative estimate of drug-likeness (QED) is 0.640. The highest BCUT2D eigenvalue weighted by Gasteiger charge is 2.11. The van der Waals surface area contributed by atoms with Crippen molar-refractivity contribution in [2.75, 3.05) is 11.6 Å². The Morgan fingerprint density at radius 2 is 1.33 bits per heavy atom. The molecule has 1 aliphatic carbocycles. The summed E-state index contributed by atoms with van der Waals surface area (Å²) in [6.45, 7) is 0. The Labute approximate surface area is 135 Å². The molecule has 0 radical (unpaired) electrons. The van der Waals surface area contributed by atoms with Gasteiger partial charge >= 0.3 is 0 Å². The molecule has 2 heteroatoms. The topological polar surface area (TPSA) is 12.0 Å². The summed E-state index contributed by atoms with van der Waals surface area (Å²) in [5.41, 5.74) is 1.34. The Morgan fingerprint density at radius 1 is 0.810 bits per heavy atom. The van der Waals surface area contributed by atoms with Crippen molar-refractivity contribution in [3.8, 4) is 0 Å². The van der Waals surface area contributed by atoms with Gasteiger partial charge in [0.05, 0.1) is 0 Å². The molecular weight excluding hydrogens is 274 g/mol. The Morgan fingerprint density at radius 3 is 1.90 bits per heavy atom. The molecule has 1 aromatic carbocycles. The van der Waals surface area contributed by atoms with Crippen LogP contribution in [0, 0.1) is 0 Å². The number of hydrogen-bond acceptors (Lipinski definition) is 2. The lowest BCUT2D eigenvalue weighted by Crippen LogP contribution is -2.20. The maximum absolute atomic E-state index is 3.83. The maximum Gasteiger partial charge on any atom is 0.0480 e. The van der Waals surface area contributed by atoms with E-state index >= 15 is 0 Å². The summed E-state index contributed by atoms with van der Waals surface area (Å²) in [5, 5.41) is 3.83. The highest BCUT2D eigenvalue weighted by Crippen LogP contribution is 2.27. The summed E-state index contributed by atoms with van der Waals surface area (Å²) in [6.07, 6.45) is 17.7. The second-order valence-electron chi connectivity index (χ2n) is 6.30. The first-order valence-electron chi connectivity index (χ1n) is 8.79. The molecule has 0 unspecified atom stereocenters. The summed E-state index contributed by atoms with van der Waals surface area (Å²) in [5.74, 6) is 0. The molecule has 0 spiro atoms. The molecule has 21 heavy (non-hydrogen) atoms. The number of thioether (sulfide) groups is 1. The molecule has 0 aromatic heterocycles. The number of hydrogen-bond donors (Lipinski definition) is 1. The van der Waals surface area contributed by atoms with Gasteiger partial charge < -0.3 is 5.32 Å². The molecule has 1 aromatic rings. The van der Waals surface area contributed by atoms with Crippen LogP contribution < -0.4 is 5.32 Å². The predicted molar refractivity (Wildman–Crippen MR) is 96.4 cm³/mol. The summed E-state index contributed by atoms with van der Waals surface area (Å²) in [6, 6.07) is 9.41. The second kappa shape index (κ2) is 10.2. The molecule has 0 bridgehead atoms. The van der Waals surface area contributed by atoms with E-state index in [1.54, 1.807) is 0 Å². The van der Waals surface area contributed by atoms with E-state index in [1.165, 1.54) is 81.2 Å². The minimum atomic E-state index is 0.665. The van der Waals surface area contributed by atoms with Crippen LogP contribution in [-0.4, -0.2) is 12.3 Å². The van der Waals surface area contributed by atoms with Gasteiger partial charge in [-0.25, -0.2) is 0 Å². The zero-order valence-electron chi connectivity index (χ0n) is 13.6. The molecule has 1 nitrogen and oxygen atoms in total. The summed E-state index contributed by atoms with van der Waals surface area (Å²) < 4.78 is 0. The molecule has 1 aliphatic rings. The van der Waals surface area contributed by atoms with Crippen LogP contribution in [0.4, 0.5) is 5.69 Å². The largest absolute Gasteiger partial charge is 0.381 e. The van der Waals surface area contributed by atoms with Crippen LogP contribution in [0.2, 0.25) is 0 Å². The van der Waals surface area contributed by atoms with Gasteiger partial charge in [0.2, 0.25) is 0 Å². The molecular formula is C19H31NS. The number of benzene rings is 1. The minimum Gasteiger partial charge on any atom is -0.381 e. The molecule has 1 saturated carbocycles. The zero-order valence-corrected chi connectivity index (χ0v) is 14.4. The standard InChI is InChI=1S/C19H31NS/c1-21-19-16-12-11-15-18(19)20-17-13-9-7-5-3-2-4-6-8-10-14-17/h11-12,15-17,20H,2-10,13-14H2,1H3. The van der Waals surface area contributed by atoms with Crippen molar-refractivity contribution in [2.24, 2.45) is 0 Å². The third-order valence-electron chi connectivity index (χ3n) is 4.57. The first-order chi connectivity index (χ1) is 10.4. The van der Waals surface area contributed by atoms with Crippen LogP contribution in [0.5, 0.6) is 0 Å². The van der Waals surface area contributed by atoms with Crippen LogP contribution in [0.25, 0.3) is 0 Å². The molecule has 0 saturated heterocycles. The average Bonchev–Trinajstić information content (AvgIpc) is 2.50. The SMILES string of the molecule is CSc1ccccc1NC1CCCCCCCCCCC1. The van der Waals surface area contributed by atoms with E-state index in [1.807, 2.05) is 11.8 Å². The number of anilines is 1. The van der Waals surface area contributed by atoms with Crippen LogP contribution in [0.3, 0.4) is 0 Å². The second-order valence-corrected chi connectivity index (χ2v) is 7.15. The Bertz CT molecular complexity index is 379. The van der Waals surface area contributed by atoms with Gasteiger partial charge in [-0.3, -0.25) is 0 Å². The predicted octanol–water partition coefficient (Wildman–Crippen LogP) is 6.49. The van der Waals surface area contributed by atoms with Crippen molar-refractivity contribution in [3.63, 3.8) is 0 Å². The van der Waals surface area contributed by atoms with Crippen molar-refractivity contribution in [2.45, 2.75) is 81.6 Å². The lowest BCUT2D eigenvalue weighted by molar-refractivity contribution is 0.480. The van der Waals surface area contributed by atoms with Gasteiger partial charge in [0, 0.05) is 16.6 Å². The lowest BCUT2D eigenvalue weighted by Gasteiger charge is -2.22. The van der Waals surface area contributed by atoms with Crippen molar-refractivity contribution in [1.29, 1.82) is 0 Å². The molecule has 2 rings (SSSR count). The zero-order chi connectivity index (χ0) is 14.8. The van der Waals surface area contributed by atoms with Gasteiger partial charge in [-0.1, -0.05) is 69.9 Å². The number of para-hydroxylation sites is 1. The average molecular weight is 306 g/mol. The van der Waals surface area contributed by atoms with Gasteiger partial charge in [-0.2, -0.15) is 0 Å². The third-order valence-corrected chi connectivity index (χ3v) is 5.37. The van der Waals surface area contributed by atoms with Gasteiger partial charge in [-0.05, 0) is 31.2 Å². The van der Waals surface area contributed by atoms with Gasteiger partial charge in [0.1, 0.15) is 0 Å². The minimum absolute atomic E-state index is 0.665. The van der Waals surface area contributed by atoms with E-state index in [9.17, 15) is 0 Å². The fourth-order valence-corrected chi connectivity index (χ4v) is 3.85. The highest BCUT2D eigenvalue weighted by molar-refractivity contribution is 7.98. The van der Waals surface area contributed by atoms with Crippen molar-refractivity contribution < 1.29 is 0 Å². The fourth-order valence-electron chi connectivity index (χ4n) is 3.29. The molecule has 0 heterocycles. The molecule has 1 fully saturated rings. The van der Waals surface area contributed by atoms with Crippen molar-refractivity contribution >= 4 is 17.4 Å². The molecule has 0 aliphatic heterocycles. The first kappa shape index (κ1) is 16.7. The van der Waals surface area contributed by atoms with E-state index in [-0.39, 0.29) is 0 Å². The third kappa shape index (κ3) is 6.34. The molecule has 0 amide bonds. The van der Waals surface area contributed by atoms with E-state index < -0.39 is 0 Å². The summed E-state index contributed by atoms with van der Waals surface area (Å²) in [7, 11) is 0. The van der Waals surface area contributed by atoms with E-state index in [2.05, 4.69) is 35.8 Å². The maximum atomic E-state index is 3.83. The Kier molecular flexibility index (Phi) is 8.09. The van der Waals surface area contributed by atoms with Crippen LogP contribution in [0.1, 0.15) is 70.6 Å². The molecule has 0 atom stereocenters. The Balaban J connectivity index is 1.90. The van der Waals surface area contributed by atoms with Gasteiger partial charge in [0.25, 0.3) is 0 Å². The summed E-state index contributed by atoms with van der Waals surface area (Å²) >= 11 is 1.84. The smallest absolute Gasteiger partial charge is 0.0480 e. The highest BCUT2D eigenvalue weighted by atomic mass is 32.2. The number of nitrogens with one attached hydrogen (secondary N) is 1. The Hall–Kier alpha value is -0.630. The lowest BCUT2D eigenvalue weighted by atomic mass is 9.98. The normalized spacial score (nSPS) is 19.5. The van der Waals surface area contributed by atoms with Crippen molar-refractivity contribution in [3.05, 3.63) is 24.3 Å². The van der Waals surface area contributed by atoms with Crippen LogP contribution in [-0.2, 0) is 0 Å². The first-order valence-corrected chi connectivity index (χ1v) is 10.0. The van der Waals surface area contributed by atoms with Crippen LogP contribution >= 0.6 is 11.8 Å². The van der Waals surface area contributed by atoms with Crippen molar-refractivity contribution in [1.82, 2.24) is 0 Å². The van der Waals surface area contributed by atoms with Gasteiger partial charge in [-0.15, -0.1) is 11.8 Å². The van der Waals surface area contributed by atoms with E-state index in [0.717, 1.165) is 0 Å². The van der Waals surface area contributed by atoms with Gasteiger partial charge in [0.15, 0.2) is 0 Å². The molecule has 1 N–H and O–H groups in total. The number of rotatable bonds is 3. The van der Waals surface area contributed by atoms with E-state index in [4.69, 9.17) is 0 Å². The molecule has 118 valence electrons. The van der Waals surface area contributed by atoms with Crippen LogP contribution in [0.15, 0.2) is 29.2 Å².